The highest BCUT2D eigenvalue weighted by Gasteiger charge is 2.11. The Bertz CT molecular complexity index is 513. The van der Waals surface area contributed by atoms with E-state index in [0.717, 1.165) is 25.7 Å². The Balaban J connectivity index is 1.59. The minimum Gasteiger partial charge on any atom is -0.395 e. The molecule has 0 fully saturated rings. The van der Waals surface area contributed by atoms with Gasteiger partial charge in [0.15, 0.2) is 0 Å². The molecule has 0 amide bonds. The van der Waals surface area contributed by atoms with Crippen LogP contribution >= 0.6 is 0 Å². The second kappa shape index (κ2) is 11.2. The van der Waals surface area contributed by atoms with E-state index in [1.54, 1.807) is 0 Å². The summed E-state index contributed by atoms with van der Waals surface area (Å²) in [6.45, 7) is 1.34. The Morgan fingerprint density at radius 3 is 2.71 bits per heavy atom. The first kappa shape index (κ1) is 18.9. The van der Waals surface area contributed by atoms with Gasteiger partial charge in [0.25, 0.3) is 0 Å². The third kappa shape index (κ3) is 7.41. The van der Waals surface area contributed by atoms with Crippen LogP contribution in [0.5, 0.6) is 0 Å². The molecule has 1 aromatic carbocycles. The van der Waals surface area contributed by atoms with Gasteiger partial charge in [-0.05, 0) is 36.8 Å². The van der Waals surface area contributed by atoms with E-state index in [9.17, 15) is 10.2 Å². The zero-order chi connectivity index (χ0) is 17.0. The van der Waals surface area contributed by atoms with E-state index in [1.165, 1.54) is 11.1 Å². The second-order valence-electron chi connectivity index (χ2n) is 6.24. The van der Waals surface area contributed by atoms with E-state index in [1.807, 2.05) is 18.2 Å². The molecule has 1 aliphatic rings. The highest BCUT2D eigenvalue weighted by atomic mass is 16.5. The van der Waals surface area contributed by atoms with Gasteiger partial charge in [-0.15, -0.1) is 0 Å². The average Bonchev–Trinajstić information content (AvgIpc) is 2.63. The molecule has 132 valence electrons. The first-order chi connectivity index (χ1) is 11.8. The van der Waals surface area contributed by atoms with Crippen LogP contribution in [-0.2, 0) is 11.2 Å². The molecule has 2 rings (SSSR count). The van der Waals surface area contributed by atoms with Crippen molar-refractivity contribution in [1.82, 2.24) is 5.32 Å². The molecule has 0 heterocycles. The number of hydrogen-bond acceptors (Lipinski definition) is 4. The molecule has 0 aromatic heterocycles. The van der Waals surface area contributed by atoms with Crippen molar-refractivity contribution >= 4 is 0 Å². The number of hydrogen-bond donors (Lipinski definition) is 3. The minimum atomic E-state index is -0.566. The minimum absolute atomic E-state index is 0.0103. The summed E-state index contributed by atoms with van der Waals surface area (Å²) in [5, 5.41) is 22.7. The Hall–Kier alpha value is -1.46. The maximum Gasteiger partial charge on any atom is 0.0897 e. The van der Waals surface area contributed by atoms with Gasteiger partial charge in [-0.2, -0.15) is 0 Å². The van der Waals surface area contributed by atoms with Gasteiger partial charge < -0.3 is 20.3 Å². The van der Waals surface area contributed by atoms with Crippen LogP contribution in [0.2, 0.25) is 0 Å². The summed E-state index contributed by atoms with van der Waals surface area (Å²) in [6.07, 6.45) is 9.76. The summed E-state index contributed by atoms with van der Waals surface area (Å²) >= 11 is 0. The zero-order valence-corrected chi connectivity index (χ0v) is 14.2. The van der Waals surface area contributed by atoms with Crippen molar-refractivity contribution in [2.45, 2.75) is 37.8 Å². The maximum absolute atomic E-state index is 10.0. The van der Waals surface area contributed by atoms with Crippen LogP contribution in [0.3, 0.4) is 0 Å². The monoisotopic (exact) mass is 331 g/mol. The standard InChI is InChI=1S/C20H29NO3/c22-14-19(12-11-17-7-3-1-4-8-17)21-13-20(23)16-24-15-18-9-5-2-6-10-18/h1,3-5,7-10,19-23H,2,6,11-16H2. The molecule has 2 atom stereocenters. The number of aliphatic hydroxyl groups is 2. The van der Waals surface area contributed by atoms with Crippen LogP contribution in [0.1, 0.15) is 24.8 Å². The van der Waals surface area contributed by atoms with Gasteiger partial charge in [-0.3, -0.25) is 0 Å². The van der Waals surface area contributed by atoms with Gasteiger partial charge in [0.1, 0.15) is 0 Å². The number of aryl methyl sites for hydroxylation is 1. The third-order valence-corrected chi connectivity index (χ3v) is 4.14. The van der Waals surface area contributed by atoms with Crippen molar-refractivity contribution in [2.24, 2.45) is 0 Å². The van der Waals surface area contributed by atoms with Crippen molar-refractivity contribution in [2.75, 3.05) is 26.4 Å². The molecule has 0 spiro atoms. The molecule has 0 saturated heterocycles. The number of ether oxygens (including phenoxy) is 1. The molecule has 24 heavy (non-hydrogen) atoms. The quantitative estimate of drug-likeness (QED) is 0.582. The molecule has 0 bridgehead atoms. The van der Waals surface area contributed by atoms with Crippen molar-refractivity contribution < 1.29 is 14.9 Å². The van der Waals surface area contributed by atoms with E-state index in [-0.39, 0.29) is 12.6 Å². The van der Waals surface area contributed by atoms with E-state index in [0.29, 0.717) is 19.8 Å². The smallest absolute Gasteiger partial charge is 0.0897 e. The molecule has 0 saturated carbocycles. The van der Waals surface area contributed by atoms with Gasteiger partial charge in [0.2, 0.25) is 0 Å². The zero-order valence-electron chi connectivity index (χ0n) is 14.2. The van der Waals surface area contributed by atoms with Crippen LogP contribution in [0.15, 0.2) is 54.1 Å². The van der Waals surface area contributed by atoms with Crippen molar-refractivity contribution in [3.05, 3.63) is 59.7 Å². The average molecular weight is 331 g/mol. The molecule has 2 unspecified atom stereocenters. The van der Waals surface area contributed by atoms with Gasteiger partial charge in [-0.1, -0.05) is 48.6 Å². The fourth-order valence-electron chi connectivity index (χ4n) is 2.69. The van der Waals surface area contributed by atoms with Gasteiger partial charge in [-0.25, -0.2) is 0 Å². The van der Waals surface area contributed by atoms with E-state index in [4.69, 9.17) is 4.74 Å². The molecule has 1 aromatic rings. The van der Waals surface area contributed by atoms with Crippen LogP contribution in [0.25, 0.3) is 0 Å². The van der Waals surface area contributed by atoms with Crippen LogP contribution in [0.4, 0.5) is 0 Å². The summed E-state index contributed by atoms with van der Waals surface area (Å²) in [7, 11) is 0. The lowest BCUT2D eigenvalue weighted by molar-refractivity contribution is 0.0443. The number of nitrogens with one attached hydrogen (secondary N) is 1. The lowest BCUT2D eigenvalue weighted by Gasteiger charge is -2.19. The molecular weight excluding hydrogens is 302 g/mol. The fourth-order valence-corrected chi connectivity index (χ4v) is 2.69. The Kier molecular flexibility index (Phi) is 8.77. The Morgan fingerprint density at radius 2 is 2.00 bits per heavy atom. The Labute approximate surface area is 144 Å². The van der Waals surface area contributed by atoms with Crippen LogP contribution < -0.4 is 5.32 Å². The maximum atomic E-state index is 10.0. The topological polar surface area (TPSA) is 61.7 Å². The van der Waals surface area contributed by atoms with Crippen molar-refractivity contribution in [3.8, 4) is 0 Å². The molecule has 0 aliphatic heterocycles. The molecule has 3 N–H and O–H groups in total. The highest BCUT2D eigenvalue weighted by Crippen LogP contribution is 2.09. The number of rotatable bonds is 11. The summed E-state index contributed by atoms with van der Waals surface area (Å²) in [5.74, 6) is 0. The highest BCUT2D eigenvalue weighted by molar-refractivity contribution is 5.22. The number of benzene rings is 1. The molecule has 4 nitrogen and oxygen atoms in total. The summed E-state index contributed by atoms with van der Waals surface area (Å²) in [6, 6.07) is 10.2. The summed E-state index contributed by atoms with van der Waals surface area (Å²) in [5.41, 5.74) is 2.44. The Morgan fingerprint density at radius 1 is 1.17 bits per heavy atom. The second-order valence-corrected chi connectivity index (χ2v) is 6.24. The first-order valence-corrected chi connectivity index (χ1v) is 8.77. The van der Waals surface area contributed by atoms with E-state index in [2.05, 4.69) is 35.7 Å². The van der Waals surface area contributed by atoms with Gasteiger partial charge in [0.05, 0.1) is 25.9 Å². The molecule has 1 aliphatic carbocycles. The SMILES string of the molecule is OCC(CCc1ccccc1)NCC(O)COCC1=CCCC=C1. The number of allylic oxidation sites excluding steroid dienone is 2. The van der Waals surface area contributed by atoms with Gasteiger partial charge in [0, 0.05) is 12.6 Å². The normalized spacial score (nSPS) is 16.7. The lowest BCUT2D eigenvalue weighted by atomic mass is 10.1. The van der Waals surface area contributed by atoms with Crippen LogP contribution in [-0.4, -0.2) is 48.7 Å². The van der Waals surface area contributed by atoms with Crippen molar-refractivity contribution in [3.63, 3.8) is 0 Å². The van der Waals surface area contributed by atoms with Crippen LogP contribution in [0, 0.1) is 0 Å². The summed E-state index contributed by atoms with van der Waals surface area (Å²) < 4.78 is 5.56. The van der Waals surface area contributed by atoms with E-state index >= 15 is 0 Å². The largest absolute Gasteiger partial charge is 0.395 e. The van der Waals surface area contributed by atoms with Gasteiger partial charge >= 0.3 is 0 Å². The summed E-state index contributed by atoms with van der Waals surface area (Å²) in [4.78, 5) is 0. The fraction of sp³-hybridized carbons (Fsp3) is 0.500. The third-order valence-electron chi connectivity index (χ3n) is 4.14. The predicted molar refractivity (Wildman–Crippen MR) is 96.9 cm³/mol. The predicted octanol–water partition coefficient (Wildman–Crippen LogP) is 2.22. The van der Waals surface area contributed by atoms with E-state index < -0.39 is 6.10 Å². The molecular formula is C20H29NO3. The molecule has 4 heteroatoms. The number of aliphatic hydroxyl groups excluding tert-OH is 2. The van der Waals surface area contributed by atoms with Crippen molar-refractivity contribution in [1.29, 1.82) is 0 Å². The first-order valence-electron chi connectivity index (χ1n) is 8.77. The lowest BCUT2D eigenvalue weighted by Crippen LogP contribution is -2.39. The molecule has 0 radical (unpaired) electrons.